The molecule has 0 heterocycles. The minimum atomic E-state index is -2.04. The fraction of sp³-hybridized carbons (Fsp3) is 0. The van der Waals surface area contributed by atoms with E-state index in [1.165, 1.54) is 12.1 Å². The molecule has 0 bridgehead atoms. The second-order valence-corrected chi connectivity index (χ2v) is 4.55. The molecule has 0 aliphatic rings. The van der Waals surface area contributed by atoms with Crippen LogP contribution in [0, 0.1) is 0 Å². The summed E-state index contributed by atoms with van der Waals surface area (Å²) >= 11 is -2.04. The van der Waals surface area contributed by atoms with E-state index in [0.717, 1.165) is 0 Å². The van der Waals surface area contributed by atoms with Crippen molar-refractivity contribution in [2.75, 3.05) is 11.5 Å². The van der Waals surface area contributed by atoms with Crippen molar-refractivity contribution in [2.24, 2.45) is 0 Å². The standard InChI is InChI=1S/C12H12N2O3S/c13-10-5-2-6-11(12(10)14)17-8-3-1-4-9(7-8)18(15)16/h1-7H,13-14H2,(H,15,16). The van der Waals surface area contributed by atoms with Gasteiger partial charge < -0.3 is 20.8 Å². The van der Waals surface area contributed by atoms with Gasteiger partial charge in [-0.2, -0.15) is 0 Å². The highest BCUT2D eigenvalue weighted by molar-refractivity contribution is 7.79. The number of nitrogens with two attached hydrogens (primary N) is 2. The Balaban J connectivity index is 2.31. The van der Waals surface area contributed by atoms with Crippen LogP contribution in [-0.2, 0) is 11.1 Å². The molecule has 5 nitrogen and oxygen atoms in total. The Morgan fingerprint density at radius 2 is 1.83 bits per heavy atom. The van der Waals surface area contributed by atoms with Crippen molar-refractivity contribution < 1.29 is 13.5 Å². The van der Waals surface area contributed by atoms with Crippen LogP contribution in [0.4, 0.5) is 11.4 Å². The number of hydrogen-bond acceptors (Lipinski definition) is 4. The summed E-state index contributed by atoms with van der Waals surface area (Å²) in [7, 11) is 0. The average Bonchev–Trinajstić information content (AvgIpc) is 2.35. The molecule has 1 atom stereocenters. The summed E-state index contributed by atoms with van der Waals surface area (Å²) in [5, 5.41) is 0. The van der Waals surface area contributed by atoms with Crippen molar-refractivity contribution in [1.29, 1.82) is 0 Å². The third-order valence-electron chi connectivity index (χ3n) is 2.33. The molecule has 2 aromatic rings. The maximum absolute atomic E-state index is 10.9. The lowest BCUT2D eigenvalue weighted by molar-refractivity contribution is 0.483. The highest BCUT2D eigenvalue weighted by Gasteiger charge is 2.06. The molecular formula is C12H12N2O3S. The predicted molar refractivity (Wildman–Crippen MR) is 70.8 cm³/mol. The summed E-state index contributed by atoms with van der Waals surface area (Å²) in [6, 6.07) is 11.4. The van der Waals surface area contributed by atoms with Crippen LogP contribution in [0.25, 0.3) is 0 Å². The molecule has 0 saturated carbocycles. The van der Waals surface area contributed by atoms with Crippen molar-refractivity contribution in [3.05, 3.63) is 42.5 Å². The highest BCUT2D eigenvalue weighted by Crippen LogP contribution is 2.31. The Kier molecular flexibility index (Phi) is 3.50. The van der Waals surface area contributed by atoms with E-state index in [-0.39, 0.29) is 4.90 Å². The molecule has 94 valence electrons. The van der Waals surface area contributed by atoms with Gasteiger partial charge in [-0.1, -0.05) is 12.1 Å². The SMILES string of the molecule is Nc1cccc(Oc2cccc(S(=O)O)c2)c1N. The molecule has 0 aliphatic heterocycles. The summed E-state index contributed by atoms with van der Waals surface area (Å²) < 4.78 is 25.5. The zero-order chi connectivity index (χ0) is 13.1. The summed E-state index contributed by atoms with van der Waals surface area (Å²) in [6.45, 7) is 0. The predicted octanol–water partition coefficient (Wildman–Crippen LogP) is 2.22. The van der Waals surface area contributed by atoms with Crippen LogP contribution >= 0.6 is 0 Å². The summed E-state index contributed by atoms with van der Waals surface area (Å²) in [5.41, 5.74) is 12.2. The fourth-order valence-corrected chi connectivity index (χ4v) is 1.84. The van der Waals surface area contributed by atoms with Crippen molar-refractivity contribution >= 4 is 22.5 Å². The van der Waals surface area contributed by atoms with Gasteiger partial charge in [0, 0.05) is 0 Å². The quantitative estimate of drug-likeness (QED) is 0.583. The normalized spacial score (nSPS) is 12.1. The van der Waals surface area contributed by atoms with Gasteiger partial charge in [-0.15, -0.1) is 0 Å². The van der Waals surface area contributed by atoms with Gasteiger partial charge in [-0.3, -0.25) is 0 Å². The Labute approximate surface area is 107 Å². The maximum Gasteiger partial charge on any atom is 0.186 e. The molecule has 0 amide bonds. The molecule has 6 heteroatoms. The topological polar surface area (TPSA) is 98.6 Å². The smallest absolute Gasteiger partial charge is 0.186 e. The van der Waals surface area contributed by atoms with Gasteiger partial charge in [-0.25, -0.2) is 4.21 Å². The molecule has 0 aliphatic carbocycles. The van der Waals surface area contributed by atoms with Gasteiger partial charge in [0.05, 0.1) is 16.3 Å². The zero-order valence-corrected chi connectivity index (χ0v) is 10.2. The Bertz CT molecular complexity index is 602. The number of anilines is 2. The first-order valence-corrected chi connectivity index (χ1v) is 6.21. The third-order valence-corrected chi connectivity index (χ3v) is 2.99. The van der Waals surface area contributed by atoms with Crippen LogP contribution in [0.1, 0.15) is 0 Å². The fourth-order valence-electron chi connectivity index (χ4n) is 1.42. The lowest BCUT2D eigenvalue weighted by Gasteiger charge is -2.10. The van der Waals surface area contributed by atoms with Gasteiger partial charge >= 0.3 is 0 Å². The monoisotopic (exact) mass is 264 g/mol. The first kappa shape index (κ1) is 12.4. The van der Waals surface area contributed by atoms with Crippen molar-refractivity contribution in [3.8, 4) is 11.5 Å². The first-order chi connectivity index (χ1) is 8.58. The molecule has 0 aromatic heterocycles. The number of hydrogen-bond donors (Lipinski definition) is 3. The van der Waals surface area contributed by atoms with Gasteiger partial charge in [0.15, 0.2) is 16.8 Å². The van der Waals surface area contributed by atoms with Crippen molar-refractivity contribution in [1.82, 2.24) is 0 Å². The van der Waals surface area contributed by atoms with E-state index < -0.39 is 11.1 Å². The molecule has 5 N–H and O–H groups in total. The zero-order valence-electron chi connectivity index (χ0n) is 9.37. The minimum absolute atomic E-state index is 0.259. The van der Waals surface area contributed by atoms with Crippen LogP contribution in [0.5, 0.6) is 11.5 Å². The van der Waals surface area contributed by atoms with Crippen LogP contribution in [0.15, 0.2) is 47.4 Å². The summed E-state index contributed by atoms with van der Waals surface area (Å²) in [6.07, 6.45) is 0. The van der Waals surface area contributed by atoms with Crippen LogP contribution in [0.2, 0.25) is 0 Å². The number of rotatable bonds is 3. The third kappa shape index (κ3) is 2.61. The lowest BCUT2D eigenvalue weighted by atomic mass is 10.2. The van der Waals surface area contributed by atoms with E-state index in [1.807, 2.05) is 0 Å². The number of ether oxygens (including phenoxy) is 1. The first-order valence-electron chi connectivity index (χ1n) is 5.10. The Morgan fingerprint density at radius 1 is 1.11 bits per heavy atom. The molecule has 2 aromatic carbocycles. The largest absolute Gasteiger partial charge is 0.455 e. The van der Waals surface area contributed by atoms with Crippen LogP contribution in [-0.4, -0.2) is 8.76 Å². The van der Waals surface area contributed by atoms with Crippen LogP contribution < -0.4 is 16.2 Å². The molecule has 0 radical (unpaired) electrons. The van der Waals surface area contributed by atoms with E-state index in [2.05, 4.69) is 0 Å². The maximum atomic E-state index is 10.9. The highest BCUT2D eigenvalue weighted by atomic mass is 32.2. The molecule has 18 heavy (non-hydrogen) atoms. The number of benzene rings is 2. The number of para-hydroxylation sites is 1. The molecule has 0 saturated heterocycles. The van der Waals surface area contributed by atoms with Gasteiger partial charge in [0.2, 0.25) is 0 Å². The van der Waals surface area contributed by atoms with Gasteiger partial charge in [0.1, 0.15) is 5.75 Å². The molecule has 0 fully saturated rings. The summed E-state index contributed by atoms with van der Waals surface area (Å²) in [4.78, 5) is 0.259. The van der Waals surface area contributed by atoms with E-state index in [9.17, 15) is 4.21 Å². The van der Waals surface area contributed by atoms with Crippen molar-refractivity contribution in [3.63, 3.8) is 0 Å². The minimum Gasteiger partial charge on any atom is -0.455 e. The van der Waals surface area contributed by atoms with E-state index >= 15 is 0 Å². The second kappa shape index (κ2) is 5.07. The second-order valence-electron chi connectivity index (χ2n) is 3.59. The van der Waals surface area contributed by atoms with E-state index in [4.69, 9.17) is 20.8 Å². The van der Waals surface area contributed by atoms with E-state index in [0.29, 0.717) is 22.9 Å². The number of nitrogen functional groups attached to an aromatic ring is 2. The molecule has 0 spiro atoms. The van der Waals surface area contributed by atoms with Gasteiger partial charge in [0.25, 0.3) is 0 Å². The van der Waals surface area contributed by atoms with E-state index in [1.54, 1.807) is 30.3 Å². The van der Waals surface area contributed by atoms with Crippen molar-refractivity contribution in [2.45, 2.75) is 4.90 Å². The molecule has 2 rings (SSSR count). The summed E-state index contributed by atoms with van der Waals surface area (Å²) in [5.74, 6) is 0.836. The van der Waals surface area contributed by atoms with Gasteiger partial charge in [-0.05, 0) is 30.3 Å². The molecular weight excluding hydrogens is 252 g/mol. The molecule has 1 unspecified atom stereocenters. The Morgan fingerprint density at radius 3 is 2.56 bits per heavy atom. The van der Waals surface area contributed by atoms with Crippen LogP contribution in [0.3, 0.4) is 0 Å². The lowest BCUT2D eigenvalue weighted by Crippen LogP contribution is -1.97. The average molecular weight is 264 g/mol. The Hall–Kier alpha value is -2.05.